The van der Waals surface area contributed by atoms with E-state index in [1.807, 2.05) is 4.90 Å². The summed E-state index contributed by atoms with van der Waals surface area (Å²) in [5, 5.41) is 0. The number of likely N-dealkylation sites (tertiary alicyclic amines) is 1. The van der Waals surface area contributed by atoms with E-state index in [1.165, 1.54) is 6.42 Å². The van der Waals surface area contributed by atoms with Crippen LogP contribution in [0.15, 0.2) is 0 Å². The van der Waals surface area contributed by atoms with Gasteiger partial charge in [0.2, 0.25) is 6.41 Å². The molecule has 0 N–H and O–H groups in total. The van der Waals surface area contributed by atoms with Crippen LogP contribution in [0.4, 0.5) is 0 Å². The van der Waals surface area contributed by atoms with Crippen molar-refractivity contribution in [1.82, 2.24) is 4.90 Å². The Labute approximate surface area is 62.2 Å². The van der Waals surface area contributed by atoms with Crippen molar-refractivity contribution >= 4 is 6.41 Å². The van der Waals surface area contributed by atoms with Gasteiger partial charge in [-0.2, -0.15) is 0 Å². The molecule has 1 aliphatic rings. The summed E-state index contributed by atoms with van der Waals surface area (Å²) in [7, 11) is 0. The van der Waals surface area contributed by atoms with Crippen LogP contribution in [-0.2, 0) is 4.79 Å². The number of nitrogens with zero attached hydrogens (tertiary/aromatic N) is 1. The minimum Gasteiger partial charge on any atom is -0.345 e. The average Bonchev–Trinajstić information content (AvgIpc) is 1.95. The van der Waals surface area contributed by atoms with E-state index < -0.39 is 0 Å². The molecule has 0 saturated carbocycles. The van der Waals surface area contributed by atoms with Crippen molar-refractivity contribution in [2.45, 2.75) is 20.3 Å². The zero-order valence-electron chi connectivity index (χ0n) is 6.71. The lowest BCUT2D eigenvalue weighted by atomic mass is 9.89. The maximum atomic E-state index is 10.3. The molecule has 0 bridgehead atoms. The number of hydrogen-bond acceptors (Lipinski definition) is 1. The summed E-state index contributed by atoms with van der Waals surface area (Å²) in [6.45, 7) is 6.37. The quantitative estimate of drug-likeness (QED) is 0.501. The second-order valence-corrected chi connectivity index (χ2v) is 3.34. The summed E-state index contributed by atoms with van der Waals surface area (Å²) in [6.07, 6.45) is 2.13. The van der Waals surface area contributed by atoms with Gasteiger partial charge in [0.1, 0.15) is 0 Å². The SMILES string of the molecule is C[C@@H]1CCN(C=O)C[C@@H]1C. The van der Waals surface area contributed by atoms with Crippen molar-refractivity contribution < 1.29 is 4.79 Å². The number of hydrogen-bond donors (Lipinski definition) is 0. The summed E-state index contributed by atoms with van der Waals surface area (Å²) >= 11 is 0. The van der Waals surface area contributed by atoms with Crippen LogP contribution in [0.25, 0.3) is 0 Å². The van der Waals surface area contributed by atoms with Crippen LogP contribution in [0.3, 0.4) is 0 Å². The van der Waals surface area contributed by atoms with Crippen LogP contribution in [0.5, 0.6) is 0 Å². The van der Waals surface area contributed by atoms with Crippen LogP contribution in [0.2, 0.25) is 0 Å². The van der Waals surface area contributed by atoms with Gasteiger partial charge in [-0.25, -0.2) is 0 Å². The largest absolute Gasteiger partial charge is 0.345 e. The minimum atomic E-state index is 0.680. The molecule has 1 fully saturated rings. The molecule has 1 rings (SSSR count). The molecule has 1 saturated heterocycles. The Kier molecular flexibility index (Phi) is 2.30. The van der Waals surface area contributed by atoms with Gasteiger partial charge in [0, 0.05) is 13.1 Å². The Morgan fingerprint density at radius 3 is 2.60 bits per heavy atom. The molecule has 1 aliphatic heterocycles. The third-order valence-corrected chi connectivity index (χ3v) is 2.51. The highest BCUT2D eigenvalue weighted by Crippen LogP contribution is 2.20. The van der Waals surface area contributed by atoms with Crippen molar-refractivity contribution in [1.29, 1.82) is 0 Å². The van der Waals surface area contributed by atoms with Crippen molar-refractivity contribution in [2.24, 2.45) is 11.8 Å². The number of carbonyl (C=O) groups is 1. The monoisotopic (exact) mass is 141 g/mol. The lowest BCUT2D eigenvalue weighted by Crippen LogP contribution is -2.37. The molecule has 0 radical (unpaired) electrons. The summed E-state index contributed by atoms with van der Waals surface area (Å²) < 4.78 is 0. The second-order valence-electron chi connectivity index (χ2n) is 3.34. The average molecular weight is 141 g/mol. The Balaban J connectivity index is 2.40. The highest BCUT2D eigenvalue weighted by Gasteiger charge is 2.20. The molecule has 2 heteroatoms. The topological polar surface area (TPSA) is 20.3 Å². The van der Waals surface area contributed by atoms with Gasteiger partial charge in [0.25, 0.3) is 0 Å². The summed E-state index contributed by atoms with van der Waals surface area (Å²) in [6, 6.07) is 0. The molecule has 0 aliphatic carbocycles. The highest BCUT2D eigenvalue weighted by atomic mass is 16.1. The molecule has 0 spiro atoms. The van der Waals surface area contributed by atoms with E-state index in [0.29, 0.717) is 5.92 Å². The van der Waals surface area contributed by atoms with Crippen LogP contribution < -0.4 is 0 Å². The molecule has 0 aromatic rings. The van der Waals surface area contributed by atoms with Gasteiger partial charge in [0.05, 0.1) is 0 Å². The maximum absolute atomic E-state index is 10.3. The number of amides is 1. The molecule has 1 heterocycles. The molecule has 58 valence electrons. The minimum absolute atomic E-state index is 0.680. The Hall–Kier alpha value is -0.530. The summed E-state index contributed by atoms with van der Waals surface area (Å²) in [4.78, 5) is 12.2. The third-order valence-electron chi connectivity index (χ3n) is 2.51. The van der Waals surface area contributed by atoms with E-state index >= 15 is 0 Å². The summed E-state index contributed by atoms with van der Waals surface area (Å²) in [5.74, 6) is 1.47. The molecule has 0 aromatic heterocycles. The van der Waals surface area contributed by atoms with Crippen LogP contribution >= 0.6 is 0 Å². The van der Waals surface area contributed by atoms with Gasteiger partial charge in [-0.1, -0.05) is 13.8 Å². The van der Waals surface area contributed by atoms with Gasteiger partial charge in [-0.15, -0.1) is 0 Å². The fourth-order valence-corrected chi connectivity index (χ4v) is 1.39. The zero-order chi connectivity index (χ0) is 7.56. The molecule has 1 amide bonds. The Bertz CT molecular complexity index is 124. The maximum Gasteiger partial charge on any atom is 0.209 e. The number of carbonyl (C=O) groups excluding carboxylic acids is 1. The van der Waals surface area contributed by atoms with Crippen molar-refractivity contribution in [3.05, 3.63) is 0 Å². The Morgan fingerprint density at radius 2 is 2.10 bits per heavy atom. The first-order valence-electron chi connectivity index (χ1n) is 3.93. The van der Waals surface area contributed by atoms with Gasteiger partial charge in [-0.05, 0) is 18.3 Å². The highest BCUT2D eigenvalue weighted by molar-refractivity contribution is 5.47. The molecular weight excluding hydrogens is 126 g/mol. The van der Waals surface area contributed by atoms with Gasteiger partial charge < -0.3 is 4.90 Å². The van der Waals surface area contributed by atoms with Crippen molar-refractivity contribution in [3.8, 4) is 0 Å². The van der Waals surface area contributed by atoms with E-state index in [-0.39, 0.29) is 0 Å². The van der Waals surface area contributed by atoms with Crippen molar-refractivity contribution in [3.63, 3.8) is 0 Å². The molecule has 10 heavy (non-hydrogen) atoms. The van der Waals surface area contributed by atoms with Gasteiger partial charge in [0.15, 0.2) is 0 Å². The predicted molar refractivity (Wildman–Crippen MR) is 40.6 cm³/mol. The molecule has 2 nitrogen and oxygen atoms in total. The van der Waals surface area contributed by atoms with Gasteiger partial charge in [-0.3, -0.25) is 4.79 Å². The molecule has 2 atom stereocenters. The van der Waals surface area contributed by atoms with E-state index in [2.05, 4.69) is 13.8 Å². The smallest absolute Gasteiger partial charge is 0.209 e. The first kappa shape index (κ1) is 7.58. The van der Waals surface area contributed by atoms with Crippen LogP contribution in [-0.4, -0.2) is 24.4 Å². The van der Waals surface area contributed by atoms with Crippen LogP contribution in [0, 0.1) is 11.8 Å². The van der Waals surface area contributed by atoms with Crippen LogP contribution in [0.1, 0.15) is 20.3 Å². The molecule has 0 unspecified atom stereocenters. The fraction of sp³-hybridized carbons (Fsp3) is 0.875. The van der Waals surface area contributed by atoms with E-state index in [0.717, 1.165) is 25.4 Å². The third kappa shape index (κ3) is 1.49. The molecule has 0 aromatic carbocycles. The normalized spacial score (nSPS) is 34.0. The first-order valence-corrected chi connectivity index (χ1v) is 3.93. The van der Waals surface area contributed by atoms with Crippen molar-refractivity contribution in [2.75, 3.05) is 13.1 Å². The lowest BCUT2D eigenvalue weighted by molar-refractivity contribution is -0.120. The summed E-state index contributed by atoms with van der Waals surface area (Å²) in [5.41, 5.74) is 0. The predicted octanol–water partition coefficient (Wildman–Crippen LogP) is 1.12. The number of piperidine rings is 1. The Morgan fingerprint density at radius 1 is 1.40 bits per heavy atom. The standard InChI is InChI=1S/C8H15NO/c1-7-3-4-9(6-10)5-8(7)2/h6-8H,3-5H2,1-2H3/t7-,8+/m1/s1. The first-order chi connectivity index (χ1) is 4.74. The number of rotatable bonds is 1. The second kappa shape index (κ2) is 3.04. The molecular formula is C8H15NO. The lowest BCUT2D eigenvalue weighted by Gasteiger charge is -2.32. The zero-order valence-corrected chi connectivity index (χ0v) is 6.71. The van der Waals surface area contributed by atoms with Gasteiger partial charge >= 0.3 is 0 Å². The van der Waals surface area contributed by atoms with E-state index in [9.17, 15) is 4.79 Å². The van der Waals surface area contributed by atoms with E-state index in [4.69, 9.17) is 0 Å². The van der Waals surface area contributed by atoms with E-state index in [1.54, 1.807) is 0 Å². The fourth-order valence-electron chi connectivity index (χ4n) is 1.39.